The average Bonchev–Trinajstić information content (AvgIpc) is 3.15. The molecule has 0 fully saturated rings. The van der Waals surface area contributed by atoms with Gasteiger partial charge in [0.2, 0.25) is 5.91 Å². The number of benzene rings is 1. The van der Waals surface area contributed by atoms with Crippen LogP contribution in [0.25, 0.3) is 5.57 Å². The Morgan fingerprint density at radius 2 is 1.94 bits per heavy atom. The normalized spacial score (nSPS) is 19.4. The standard InChI is InChI=1S/C24H31N7O3/c1-30-10-5-4-6-20(32)25-9-11-31(2)23-21-18(24(33)29-22(21)27-15-28-23)13-26-17-7-8-19(34-3)16(12-17)14-30/h7-8,12-13,15,26H,4-6,9-11,14H2,1-3H3,(H,25,32)(H,27,28,29,33)/b18-13-. The summed E-state index contributed by atoms with van der Waals surface area (Å²) in [5.41, 5.74) is 2.97. The number of likely N-dealkylation sites (N-methyl/N-ethyl adjacent to an activating group) is 1. The molecule has 180 valence electrons. The SMILES string of the molecule is COc1ccc2cc1CN(C)CCCCC(=O)NCCN(C)c1ncnc3c1/C(=C/N2)C(=O)N3. The molecule has 0 atom stereocenters. The zero-order valence-corrected chi connectivity index (χ0v) is 19.9. The Balaban J connectivity index is 1.68. The fraction of sp³-hybridized carbons (Fsp3) is 0.417. The number of nitrogens with zero attached hydrogens (tertiary/aromatic N) is 4. The fourth-order valence-electron chi connectivity index (χ4n) is 4.18. The van der Waals surface area contributed by atoms with E-state index in [2.05, 4.69) is 37.9 Å². The van der Waals surface area contributed by atoms with Gasteiger partial charge in [-0.05, 0) is 44.6 Å². The smallest absolute Gasteiger partial charge is 0.259 e. The molecular weight excluding hydrogens is 434 g/mol. The van der Waals surface area contributed by atoms with E-state index in [1.807, 2.05) is 30.1 Å². The van der Waals surface area contributed by atoms with Crippen molar-refractivity contribution < 1.29 is 14.3 Å². The van der Waals surface area contributed by atoms with Gasteiger partial charge in [0.1, 0.15) is 23.7 Å². The lowest BCUT2D eigenvalue weighted by molar-refractivity contribution is -0.121. The summed E-state index contributed by atoms with van der Waals surface area (Å²) in [6, 6.07) is 5.86. The third kappa shape index (κ3) is 5.28. The van der Waals surface area contributed by atoms with Crippen molar-refractivity contribution in [1.29, 1.82) is 0 Å². The van der Waals surface area contributed by atoms with Crippen LogP contribution < -0.4 is 25.6 Å². The van der Waals surface area contributed by atoms with Crippen LogP contribution in [0.4, 0.5) is 17.3 Å². The van der Waals surface area contributed by atoms with Gasteiger partial charge >= 0.3 is 0 Å². The second-order valence-corrected chi connectivity index (χ2v) is 8.57. The number of aromatic nitrogens is 2. The van der Waals surface area contributed by atoms with Gasteiger partial charge < -0.3 is 30.5 Å². The maximum atomic E-state index is 12.7. The fourth-order valence-corrected chi connectivity index (χ4v) is 4.18. The van der Waals surface area contributed by atoms with Crippen LogP contribution in [0.2, 0.25) is 0 Å². The summed E-state index contributed by atoms with van der Waals surface area (Å²) in [4.78, 5) is 37.8. The van der Waals surface area contributed by atoms with Crippen molar-refractivity contribution in [3.05, 3.63) is 41.9 Å². The average molecular weight is 466 g/mol. The molecule has 2 aromatic rings. The van der Waals surface area contributed by atoms with Gasteiger partial charge in [-0.1, -0.05) is 0 Å². The molecular formula is C24H31N7O3. The van der Waals surface area contributed by atoms with Gasteiger partial charge in [-0.2, -0.15) is 0 Å². The highest BCUT2D eigenvalue weighted by Crippen LogP contribution is 2.36. The van der Waals surface area contributed by atoms with E-state index >= 15 is 0 Å². The van der Waals surface area contributed by atoms with Gasteiger partial charge in [0.15, 0.2) is 0 Å². The third-order valence-corrected chi connectivity index (χ3v) is 6.00. The number of hydrogen-bond donors (Lipinski definition) is 3. The van der Waals surface area contributed by atoms with Crippen molar-refractivity contribution in [2.24, 2.45) is 0 Å². The minimum absolute atomic E-state index is 0.0397. The first kappa shape index (κ1) is 23.5. The molecule has 2 aliphatic rings. The van der Waals surface area contributed by atoms with Crippen LogP contribution >= 0.6 is 0 Å². The van der Waals surface area contributed by atoms with Crippen LogP contribution in [0.5, 0.6) is 5.75 Å². The molecule has 0 aliphatic carbocycles. The van der Waals surface area contributed by atoms with E-state index in [1.54, 1.807) is 13.3 Å². The van der Waals surface area contributed by atoms with Gasteiger partial charge in [-0.3, -0.25) is 9.59 Å². The Labute approximate surface area is 199 Å². The number of carbonyl (C=O) groups is 2. The van der Waals surface area contributed by atoms with E-state index < -0.39 is 0 Å². The highest BCUT2D eigenvalue weighted by Gasteiger charge is 2.30. The quantitative estimate of drug-likeness (QED) is 0.587. The summed E-state index contributed by atoms with van der Waals surface area (Å²) in [6.45, 7) is 2.61. The lowest BCUT2D eigenvalue weighted by Gasteiger charge is -2.20. The third-order valence-electron chi connectivity index (χ3n) is 6.00. The Hall–Kier alpha value is -3.66. The number of amides is 2. The molecule has 2 amide bonds. The lowest BCUT2D eigenvalue weighted by atomic mass is 10.1. The first-order chi connectivity index (χ1) is 16.5. The Morgan fingerprint density at radius 3 is 2.76 bits per heavy atom. The van der Waals surface area contributed by atoms with E-state index in [0.29, 0.717) is 48.8 Å². The second kappa shape index (κ2) is 10.5. The maximum Gasteiger partial charge on any atom is 0.259 e. The molecule has 4 rings (SSSR count). The zero-order chi connectivity index (χ0) is 24.1. The summed E-state index contributed by atoms with van der Waals surface area (Å²) in [7, 11) is 5.60. The molecule has 3 N–H and O–H groups in total. The predicted octanol–water partition coefficient (Wildman–Crippen LogP) is 2.06. The minimum Gasteiger partial charge on any atom is -0.496 e. The zero-order valence-electron chi connectivity index (χ0n) is 19.9. The predicted molar refractivity (Wildman–Crippen MR) is 132 cm³/mol. The maximum absolute atomic E-state index is 12.7. The molecule has 10 nitrogen and oxygen atoms in total. The summed E-state index contributed by atoms with van der Waals surface area (Å²) in [6.07, 6.45) is 5.37. The molecule has 0 unspecified atom stereocenters. The van der Waals surface area contributed by atoms with Gasteiger partial charge in [0.25, 0.3) is 5.91 Å². The molecule has 0 saturated heterocycles. The summed E-state index contributed by atoms with van der Waals surface area (Å²) < 4.78 is 5.55. The summed E-state index contributed by atoms with van der Waals surface area (Å²) >= 11 is 0. The van der Waals surface area contributed by atoms with Gasteiger partial charge in [0, 0.05) is 50.6 Å². The minimum atomic E-state index is -0.245. The van der Waals surface area contributed by atoms with Crippen LogP contribution in [0, 0.1) is 0 Å². The Morgan fingerprint density at radius 1 is 1.09 bits per heavy atom. The van der Waals surface area contributed by atoms with Crippen molar-refractivity contribution in [3.63, 3.8) is 0 Å². The van der Waals surface area contributed by atoms with Crippen molar-refractivity contribution in [2.45, 2.75) is 25.8 Å². The number of anilines is 3. The van der Waals surface area contributed by atoms with Crippen LogP contribution in [-0.2, 0) is 16.1 Å². The lowest BCUT2D eigenvalue weighted by Crippen LogP contribution is -2.33. The molecule has 3 heterocycles. The van der Waals surface area contributed by atoms with Crippen molar-refractivity contribution in [2.75, 3.05) is 56.4 Å². The number of methoxy groups -OCH3 is 1. The van der Waals surface area contributed by atoms with Crippen LogP contribution in [0.15, 0.2) is 30.7 Å². The molecule has 0 saturated carbocycles. The first-order valence-electron chi connectivity index (χ1n) is 11.4. The highest BCUT2D eigenvalue weighted by atomic mass is 16.5. The summed E-state index contributed by atoms with van der Waals surface area (Å²) in [5, 5.41) is 9.05. The first-order valence-corrected chi connectivity index (χ1v) is 11.4. The number of hydrogen-bond acceptors (Lipinski definition) is 8. The largest absolute Gasteiger partial charge is 0.496 e. The molecule has 1 aromatic carbocycles. The van der Waals surface area contributed by atoms with E-state index in [4.69, 9.17) is 4.74 Å². The second-order valence-electron chi connectivity index (χ2n) is 8.57. The number of rotatable bonds is 1. The van der Waals surface area contributed by atoms with Gasteiger partial charge in [0.05, 0.1) is 18.2 Å². The van der Waals surface area contributed by atoms with E-state index in [-0.39, 0.29) is 11.8 Å². The number of ether oxygens (including phenoxy) is 1. The highest BCUT2D eigenvalue weighted by molar-refractivity contribution is 6.32. The molecule has 0 spiro atoms. The number of nitrogens with one attached hydrogen (secondary N) is 3. The van der Waals surface area contributed by atoms with Crippen molar-refractivity contribution in [1.82, 2.24) is 20.2 Å². The number of carbonyl (C=O) groups excluding carboxylic acids is 2. The monoisotopic (exact) mass is 465 g/mol. The Kier molecular flexibility index (Phi) is 7.27. The van der Waals surface area contributed by atoms with Crippen molar-refractivity contribution >= 4 is 34.7 Å². The van der Waals surface area contributed by atoms with E-state index in [0.717, 1.165) is 36.4 Å². The topological polar surface area (TPSA) is 112 Å². The summed E-state index contributed by atoms with van der Waals surface area (Å²) in [5.74, 6) is 1.70. The van der Waals surface area contributed by atoms with Crippen LogP contribution in [0.3, 0.4) is 0 Å². The molecule has 34 heavy (non-hydrogen) atoms. The Bertz CT molecular complexity index is 1100. The van der Waals surface area contributed by atoms with Crippen molar-refractivity contribution in [3.8, 4) is 5.75 Å². The molecule has 0 radical (unpaired) electrons. The molecule has 10 heteroatoms. The van der Waals surface area contributed by atoms with Crippen LogP contribution in [0.1, 0.15) is 30.4 Å². The number of fused-ring (bicyclic) bond motifs is 2. The van der Waals surface area contributed by atoms with Crippen LogP contribution in [-0.4, -0.2) is 67.5 Å². The van der Waals surface area contributed by atoms with E-state index in [1.165, 1.54) is 6.33 Å². The van der Waals surface area contributed by atoms with Gasteiger partial charge in [-0.15, -0.1) is 0 Å². The molecule has 2 aliphatic heterocycles. The molecule has 1 aromatic heterocycles. The van der Waals surface area contributed by atoms with Gasteiger partial charge in [-0.25, -0.2) is 9.97 Å². The van der Waals surface area contributed by atoms with E-state index in [9.17, 15) is 9.59 Å². The molecule has 2 bridgehead atoms.